The summed E-state index contributed by atoms with van der Waals surface area (Å²) in [6, 6.07) is 22.8. The second kappa shape index (κ2) is 9.74. The van der Waals surface area contributed by atoms with Gasteiger partial charge in [-0.25, -0.2) is 0 Å². The fourth-order valence-corrected chi connectivity index (χ4v) is 4.14. The van der Waals surface area contributed by atoms with Crippen LogP contribution in [-0.4, -0.2) is 30.7 Å². The Hall–Kier alpha value is -2.08. The molecule has 140 valence electrons. The number of benzene rings is 2. The molecule has 0 bridgehead atoms. The van der Waals surface area contributed by atoms with Gasteiger partial charge >= 0.3 is 0 Å². The van der Waals surface area contributed by atoms with Crippen molar-refractivity contribution in [1.29, 1.82) is 0 Å². The Morgan fingerprint density at radius 3 is 2.44 bits per heavy atom. The summed E-state index contributed by atoms with van der Waals surface area (Å²) in [4.78, 5) is 16.9. The number of carbonyl (C=O) groups is 1. The van der Waals surface area contributed by atoms with E-state index in [1.165, 1.54) is 15.3 Å². The molecule has 1 atom stereocenters. The van der Waals surface area contributed by atoms with E-state index in [-0.39, 0.29) is 11.9 Å². The Balaban J connectivity index is 1.61. The molecule has 0 aliphatic carbocycles. The van der Waals surface area contributed by atoms with E-state index in [0.717, 1.165) is 5.56 Å². The quantitative estimate of drug-likeness (QED) is 0.555. The molecule has 5 heteroatoms. The van der Waals surface area contributed by atoms with Crippen LogP contribution < -0.4 is 5.32 Å². The van der Waals surface area contributed by atoms with Gasteiger partial charge in [0.05, 0.1) is 12.6 Å². The lowest BCUT2D eigenvalue weighted by Crippen LogP contribution is -2.36. The van der Waals surface area contributed by atoms with Crippen LogP contribution in [0.5, 0.6) is 0 Å². The predicted octanol–water partition coefficient (Wildman–Crippen LogP) is 4.81. The van der Waals surface area contributed by atoms with Crippen molar-refractivity contribution in [2.45, 2.75) is 17.5 Å². The summed E-state index contributed by atoms with van der Waals surface area (Å²) in [6.45, 7) is 0.918. The fraction of sp³-hybridized carbons (Fsp3) is 0.227. The Labute approximate surface area is 169 Å². The van der Waals surface area contributed by atoms with Crippen LogP contribution in [0.4, 0.5) is 0 Å². The maximum atomic E-state index is 12.6. The van der Waals surface area contributed by atoms with Gasteiger partial charge in [0.2, 0.25) is 5.91 Å². The monoisotopic (exact) mass is 396 g/mol. The van der Waals surface area contributed by atoms with Gasteiger partial charge in [-0.1, -0.05) is 48.5 Å². The number of nitrogens with one attached hydrogen (secondary N) is 1. The maximum absolute atomic E-state index is 12.6. The van der Waals surface area contributed by atoms with Crippen LogP contribution in [0, 0.1) is 0 Å². The molecule has 3 rings (SSSR count). The van der Waals surface area contributed by atoms with Gasteiger partial charge in [0.1, 0.15) is 0 Å². The lowest BCUT2D eigenvalue weighted by atomic mass is 10.1. The Morgan fingerprint density at radius 2 is 1.81 bits per heavy atom. The van der Waals surface area contributed by atoms with Gasteiger partial charge in [0.15, 0.2) is 0 Å². The molecule has 0 spiro atoms. The zero-order chi connectivity index (χ0) is 19.1. The van der Waals surface area contributed by atoms with Crippen molar-refractivity contribution in [3.05, 3.63) is 88.1 Å². The van der Waals surface area contributed by atoms with Crippen LogP contribution in [0.2, 0.25) is 0 Å². The molecule has 0 saturated heterocycles. The maximum Gasteiger partial charge on any atom is 0.236 e. The first-order valence-electron chi connectivity index (χ1n) is 8.86. The standard InChI is InChI=1S/C22H24N2OS2/c1-24(16-17-10-12-19(26-2)13-11-17)21(25)15-23-22(20-9-6-14-27-20)18-7-4-3-5-8-18/h3-14,22-23H,15-16H2,1-2H3/t22-/m0/s1. The molecule has 1 heterocycles. The van der Waals surface area contributed by atoms with E-state index in [9.17, 15) is 4.79 Å². The SMILES string of the molecule is CSc1ccc(CN(C)C(=O)CN[C@@H](c2ccccc2)c2cccs2)cc1. The van der Waals surface area contributed by atoms with Crippen molar-refractivity contribution in [3.8, 4) is 0 Å². The number of hydrogen-bond acceptors (Lipinski definition) is 4. The number of thiophene rings is 1. The molecule has 27 heavy (non-hydrogen) atoms. The minimum Gasteiger partial charge on any atom is -0.340 e. The number of likely N-dealkylation sites (N-methyl/N-ethyl adjacent to an activating group) is 1. The molecule has 2 aromatic carbocycles. The van der Waals surface area contributed by atoms with Gasteiger partial charge in [0, 0.05) is 23.4 Å². The molecular formula is C22H24N2OS2. The number of amides is 1. The summed E-state index contributed by atoms with van der Waals surface area (Å²) in [5.74, 6) is 0.0847. The van der Waals surface area contributed by atoms with Crippen LogP contribution in [0.25, 0.3) is 0 Å². The highest BCUT2D eigenvalue weighted by molar-refractivity contribution is 7.98. The van der Waals surface area contributed by atoms with Crippen LogP contribution in [-0.2, 0) is 11.3 Å². The Bertz CT molecular complexity index is 833. The second-order valence-electron chi connectivity index (χ2n) is 6.34. The molecule has 3 aromatic rings. The third-order valence-corrected chi connectivity index (χ3v) is 6.10. The second-order valence-corrected chi connectivity index (χ2v) is 8.20. The van der Waals surface area contributed by atoms with E-state index in [0.29, 0.717) is 13.1 Å². The number of hydrogen-bond donors (Lipinski definition) is 1. The third-order valence-electron chi connectivity index (χ3n) is 4.42. The molecule has 1 aromatic heterocycles. The van der Waals surface area contributed by atoms with Gasteiger partial charge in [-0.3, -0.25) is 10.1 Å². The van der Waals surface area contributed by atoms with E-state index >= 15 is 0 Å². The summed E-state index contributed by atoms with van der Waals surface area (Å²) >= 11 is 3.42. The zero-order valence-electron chi connectivity index (χ0n) is 15.6. The van der Waals surface area contributed by atoms with Gasteiger partial charge < -0.3 is 4.90 Å². The van der Waals surface area contributed by atoms with Crippen LogP contribution in [0.3, 0.4) is 0 Å². The molecule has 1 amide bonds. The highest BCUT2D eigenvalue weighted by atomic mass is 32.2. The topological polar surface area (TPSA) is 32.3 Å². The molecule has 0 aliphatic rings. The lowest BCUT2D eigenvalue weighted by molar-refractivity contribution is -0.129. The molecule has 3 nitrogen and oxygen atoms in total. The predicted molar refractivity (Wildman–Crippen MR) is 115 cm³/mol. The largest absolute Gasteiger partial charge is 0.340 e. The van der Waals surface area contributed by atoms with Crippen molar-refractivity contribution >= 4 is 29.0 Å². The summed E-state index contributed by atoms with van der Waals surface area (Å²) in [7, 11) is 1.86. The minimum absolute atomic E-state index is 0.0319. The first-order chi connectivity index (χ1) is 13.2. The Kier molecular flexibility index (Phi) is 7.10. The number of rotatable bonds is 8. The fourth-order valence-electron chi connectivity index (χ4n) is 2.90. The summed E-state index contributed by atoms with van der Waals surface area (Å²) in [5.41, 5.74) is 2.31. The molecule has 0 aliphatic heterocycles. The molecular weight excluding hydrogens is 372 g/mol. The van der Waals surface area contributed by atoms with Crippen LogP contribution in [0.15, 0.2) is 77.0 Å². The van der Waals surface area contributed by atoms with Gasteiger partial charge in [0.25, 0.3) is 0 Å². The van der Waals surface area contributed by atoms with E-state index in [2.05, 4.69) is 59.4 Å². The molecule has 0 saturated carbocycles. The van der Waals surface area contributed by atoms with Crippen molar-refractivity contribution in [2.75, 3.05) is 19.8 Å². The van der Waals surface area contributed by atoms with E-state index in [1.54, 1.807) is 28.0 Å². The van der Waals surface area contributed by atoms with Gasteiger partial charge in [-0.15, -0.1) is 23.1 Å². The summed E-state index contributed by atoms with van der Waals surface area (Å²) in [5, 5.41) is 5.51. The van der Waals surface area contributed by atoms with Crippen LogP contribution in [0.1, 0.15) is 22.0 Å². The van der Waals surface area contributed by atoms with Gasteiger partial charge in [-0.2, -0.15) is 0 Å². The zero-order valence-corrected chi connectivity index (χ0v) is 17.2. The smallest absolute Gasteiger partial charge is 0.236 e. The molecule has 0 unspecified atom stereocenters. The number of nitrogens with zero attached hydrogens (tertiary/aromatic N) is 1. The van der Waals surface area contributed by atoms with Crippen LogP contribution >= 0.6 is 23.1 Å². The summed E-state index contributed by atoms with van der Waals surface area (Å²) < 4.78 is 0. The molecule has 1 N–H and O–H groups in total. The van der Waals surface area contributed by atoms with Crippen molar-refractivity contribution in [1.82, 2.24) is 10.2 Å². The van der Waals surface area contributed by atoms with E-state index < -0.39 is 0 Å². The Morgan fingerprint density at radius 1 is 1.07 bits per heavy atom. The van der Waals surface area contributed by atoms with Crippen molar-refractivity contribution < 1.29 is 4.79 Å². The minimum atomic E-state index is 0.0319. The number of carbonyl (C=O) groups excluding carboxylic acids is 1. The highest BCUT2D eigenvalue weighted by Gasteiger charge is 2.17. The van der Waals surface area contributed by atoms with Crippen molar-refractivity contribution in [3.63, 3.8) is 0 Å². The van der Waals surface area contributed by atoms with E-state index in [1.807, 2.05) is 31.3 Å². The van der Waals surface area contributed by atoms with Crippen molar-refractivity contribution in [2.24, 2.45) is 0 Å². The third kappa shape index (κ3) is 5.45. The first kappa shape index (κ1) is 19.7. The number of thioether (sulfide) groups is 1. The molecule has 0 radical (unpaired) electrons. The first-order valence-corrected chi connectivity index (χ1v) is 11.0. The lowest BCUT2D eigenvalue weighted by Gasteiger charge is -2.21. The van der Waals surface area contributed by atoms with E-state index in [4.69, 9.17) is 0 Å². The average molecular weight is 397 g/mol. The molecule has 0 fully saturated rings. The normalized spacial score (nSPS) is 11.9. The average Bonchev–Trinajstić information content (AvgIpc) is 3.24. The highest BCUT2D eigenvalue weighted by Crippen LogP contribution is 2.25. The summed E-state index contributed by atoms with van der Waals surface area (Å²) in [6.07, 6.45) is 2.06. The van der Waals surface area contributed by atoms with Gasteiger partial charge in [-0.05, 0) is 41.0 Å².